The maximum Gasteiger partial charge on any atom is 0.337 e. The Labute approximate surface area is 111 Å². The normalized spacial score (nSPS) is 15.4. The molecule has 1 saturated heterocycles. The van der Waals surface area contributed by atoms with Gasteiger partial charge >= 0.3 is 5.97 Å². The van der Waals surface area contributed by atoms with Gasteiger partial charge in [0.2, 0.25) is 5.91 Å². The number of esters is 1. The van der Waals surface area contributed by atoms with Crippen LogP contribution in [0.3, 0.4) is 0 Å². The molecular weight excluding hydrogens is 246 g/mol. The molecule has 1 aliphatic rings. The van der Waals surface area contributed by atoms with Gasteiger partial charge in [0.05, 0.1) is 12.7 Å². The summed E-state index contributed by atoms with van der Waals surface area (Å²) in [6.45, 7) is 1.10. The Balaban J connectivity index is 2.12. The summed E-state index contributed by atoms with van der Waals surface area (Å²) in [7, 11) is 1.29. The number of carbonyl (C=O) groups is 2. The van der Waals surface area contributed by atoms with Gasteiger partial charge in [0.15, 0.2) is 0 Å². The van der Waals surface area contributed by atoms with Crippen molar-refractivity contribution in [3.63, 3.8) is 0 Å². The number of benzene rings is 1. The Bertz CT molecular complexity index is 498. The Morgan fingerprint density at radius 2 is 2.21 bits per heavy atom. The van der Waals surface area contributed by atoms with Crippen molar-refractivity contribution in [3.05, 3.63) is 29.3 Å². The highest BCUT2D eigenvalue weighted by atomic mass is 16.5. The number of phenolic OH excluding ortho intramolecular Hbond substituents is 1. The van der Waals surface area contributed by atoms with Gasteiger partial charge in [-0.05, 0) is 25.0 Å². The van der Waals surface area contributed by atoms with Crippen LogP contribution in [0.1, 0.15) is 35.2 Å². The smallest absolute Gasteiger partial charge is 0.337 e. The molecule has 0 radical (unpaired) electrons. The highest BCUT2D eigenvalue weighted by molar-refractivity contribution is 5.89. The molecule has 0 saturated carbocycles. The lowest BCUT2D eigenvalue weighted by molar-refractivity contribution is -0.133. The van der Waals surface area contributed by atoms with Crippen LogP contribution in [0.15, 0.2) is 18.2 Å². The lowest BCUT2D eigenvalue weighted by Crippen LogP contribution is -2.34. The fourth-order valence-electron chi connectivity index (χ4n) is 2.18. The van der Waals surface area contributed by atoms with Gasteiger partial charge in [0, 0.05) is 25.1 Å². The number of piperidine rings is 1. The van der Waals surface area contributed by atoms with Crippen molar-refractivity contribution in [2.75, 3.05) is 13.7 Å². The van der Waals surface area contributed by atoms with Gasteiger partial charge in [-0.25, -0.2) is 4.79 Å². The number of amides is 1. The van der Waals surface area contributed by atoms with E-state index in [-0.39, 0.29) is 11.7 Å². The lowest BCUT2D eigenvalue weighted by Gasteiger charge is -2.27. The zero-order chi connectivity index (χ0) is 13.8. The Hall–Kier alpha value is -2.04. The summed E-state index contributed by atoms with van der Waals surface area (Å²) in [6.07, 6.45) is 2.50. The average Bonchev–Trinajstić information content (AvgIpc) is 2.42. The van der Waals surface area contributed by atoms with Crippen molar-refractivity contribution in [1.29, 1.82) is 0 Å². The minimum atomic E-state index is -0.490. The molecule has 1 N–H and O–H groups in total. The molecule has 19 heavy (non-hydrogen) atoms. The topological polar surface area (TPSA) is 66.8 Å². The number of rotatable bonds is 3. The lowest BCUT2D eigenvalue weighted by atomic mass is 10.1. The summed E-state index contributed by atoms with van der Waals surface area (Å²) in [5.74, 6) is -0.361. The van der Waals surface area contributed by atoms with Crippen LogP contribution >= 0.6 is 0 Å². The highest BCUT2D eigenvalue weighted by Gasteiger charge is 2.19. The monoisotopic (exact) mass is 263 g/mol. The van der Waals surface area contributed by atoms with Crippen molar-refractivity contribution in [2.45, 2.75) is 25.8 Å². The number of likely N-dealkylation sites (tertiary alicyclic amines) is 1. The first-order valence-corrected chi connectivity index (χ1v) is 6.30. The Morgan fingerprint density at radius 3 is 2.84 bits per heavy atom. The summed E-state index contributed by atoms with van der Waals surface area (Å²) in [6, 6.07) is 4.62. The average molecular weight is 263 g/mol. The van der Waals surface area contributed by atoms with Crippen molar-refractivity contribution in [2.24, 2.45) is 0 Å². The summed E-state index contributed by atoms with van der Waals surface area (Å²) in [5.41, 5.74) is 0.941. The van der Waals surface area contributed by atoms with Crippen LogP contribution in [0.2, 0.25) is 0 Å². The predicted molar refractivity (Wildman–Crippen MR) is 68.7 cm³/mol. The molecule has 1 aromatic rings. The van der Waals surface area contributed by atoms with Crippen LogP contribution in [-0.4, -0.2) is 35.5 Å². The maximum absolute atomic E-state index is 11.7. The summed E-state index contributed by atoms with van der Waals surface area (Å²) < 4.78 is 4.58. The first kappa shape index (κ1) is 13.4. The molecule has 0 unspecified atom stereocenters. The first-order chi connectivity index (χ1) is 9.11. The van der Waals surface area contributed by atoms with Gasteiger partial charge < -0.3 is 14.7 Å². The quantitative estimate of drug-likeness (QED) is 0.843. The zero-order valence-corrected chi connectivity index (χ0v) is 10.9. The number of aromatic hydroxyl groups is 1. The second-order valence-corrected chi connectivity index (χ2v) is 4.61. The standard InChI is InChI=1S/C14H17NO4/c1-19-14(18)10-5-6-11(12(16)8-10)9-15-7-3-2-4-13(15)17/h5-6,8,16H,2-4,7,9H2,1H3. The number of hydrogen-bond acceptors (Lipinski definition) is 4. The Morgan fingerprint density at radius 1 is 1.42 bits per heavy atom. The van der Waals surface area contributed by atoms with E-state index >= 15 is 0 Å². The van der Waals surface area contributed by atoms with Gasteiger partial charge in [-0.15, -0.1) is 0 Å². The molecule has 0 spiro atoms. The molecule has 1 fully saturated rings. The molecule has 0 aromatic heterocycles. The third-order valence-electron chi connectivity index (χ3n) is 3.29. The molecule has 5 nitrogen and oxygen atoms in total. The SMILES string of the molecule is COC(=O)c1ccc(CN2CCCCC2=O)c(O)c1. The van der Waals surface area contributed by atoms with E-state index in [1.165, 1.54) is 13.2 Å². The zero-order valence-electron chi connectivity index (χ0n) is 10.9. The van der Waals surface area contributed by atoms with E-state index in [1.807, 2.05) is 0 Å². The third-order valence-corrected chi connectivity index (χ3v) is 3.29. The van der Waals surface area contributed by atoms with Crippen molar-refractivity contribution < 1.29 is 19.4 Å². The summed E-state index contributed by atoms with van der Waals surface area (Å²) in [4.78, 5) is 24.8. The van der Waals surface area contributed by atoms with Crippen molar-refractivity contribution in [1.82, 2.24) is 4.90 Å². The maximum atomic E-state index is 11.7. The fourth-order valence-corrected chi connectivity index (χ4v) is 2.18. The molecule has 0 aliphatic carbocycles. The van der Waals surface area contributed by atoms with Gasteiger partial charge in [-0.1, -0.05) is 6.07 Å². The number of ether oxygens (including phenoxy) is 1. The largest absolute Gasteiger partial charge is 0.508 e. The van der Waals surface area contributed by atoms with Crippen LogP contribution in [0.5, 0.6) is 5.75 Å². The number of phenols is 1. The van der Waals surface area contributed by atoms with E-state index in [0.29, 0.717) is 24.1 Å². The van der Waals surface area contributed by atoms with Gasteiger partial charge in [-0.3, -0.25) is 4.79 Å². The van der Waals surface area contributed by atoms with Gasteiger partial charge in [0.1, 0.15) is 5.75 Å². The van der Waals surface area contributed by atoms with Gasteiger partial charge in [0.25, 0.3) is 0 Å². The second-order valence-electron chi connectivity index (χ2n) is 4.61. The van der Waals surface area contributed by atoms with Crippen LogP contribution in [0.4, 0.5) is 0 Å². The van der Waals surface area contributed by atoms with Crippen LogP contribution in [-0.2, 0) is 16.1 Å². The molecule has 0 bridgehead atoms. The van der Waals surface area contributed by atoms with E-state index in [2.05, 4.69) is 4.74 Å². The van der Waals surface area contributed by atoms with Crippen molar-refractivity contribution in [3.8, 4) is 5.75 Å². The summed E-state index contributed by atoms with van der Waals surface area (Å²) in [5, 5.41) is 9.91. The molecule has 1 aromatic carbocycles. The molecule has 1 amide bonds. The first-order valence-electron chi connectivity index (χ1n) is 6.30. The number of methoxy groups -OCH3 is 1. The van der Waals surface area contributed by atoms with Crippen molar-refractivity contribution >= 4 is 11.9 Å². The minimum absolute atomic E-state index is 0.0151. The molecule has 102 valence electrons. The Kier molecular flexibility index (Phi) is 4.04. The van der Waals surface area contributed by atoms with E-state index in [0.717, 1.165) is 19.4 Å². The highest BCUT2D eigenvalue weighted by Crippen LogP contribution is 2.23. The molecule has 1 aliphatic heterocycles. The number of carbonyl (C=O) groups excluding carboxylic acids is 2. The molecule has 5 heteroatoms. The summed E-state index contributed by atoms with van der Waals surface area (Å²) >= 11 is 0. The van der Waals surface area contributed by atoms with E-state index < -0.39 is 5.97 Å². The van der Waals surface area contributed by atoms with E-state index in [4.69, 9.17) is 0 Å². The minimum Gasteiger partial charge on any atom is -0.508 e. The van der Waals surface area contributed by atoms with E-state index in [1.54, 1.807) is 17.0 Å². The number of hydrogen-bond donors (Lipinski definition) is 1. The van der Waals surface area contributed by atoms with Crippen LogP contribution in [0, 0.1) is 0 Å². The molecule has 1 heterocycles. The van der Waals surface area contributed by atoms with Gasteiger partial charge in [-0.2, -0.15) is 0 Å². The fraction of sp³-hybridized carbons (Fsp3) is 0.429. The second kappa shape index (κ2) is 5.73. The van der Waals surface area contributed by atoms with Crippen LogP contribution in [0.25, 0.3) is 0 Å². The van der Waals surface area contributed by atoms with E-state index in [9.17, 15) is 14.7 Å². The molecule has 2 rings (SSSR count). The van der Waals surface area contributed by atoms with Crippen LogP contribution < -0.4 is 0 Å². The molecule has 0 atom stereocenters. The molecular formula is C14H17NO4. The predicted octanol–water partition coefficient (Wildman–Crippen LogP) is 1.69. The third kappa shape index (κ3) is 3.05. The number of nitrogens with zero attached hydrogens (tertiary/aromatic N) is 1.